The number of hydrogen-bond donors (Lipinski definition) is 0. The molecule has 0 radical (unpaired) electrons. The average molecular weight is 327 g/mol. The van der Waals surface area contributed by atoms with Crippen molar-refractivity contribution in [2.75, 3.05) is 26.2 Å². The van der Waals surface area contributed by atoms with E-state index < -0.39 is 0 Å². The molecule has 0 atom stereocenters. The van der Waals surface area contributed by atoms with E-state index in [4.69, 9.17) is 4.52 Å². The second-order valence-electron chi connectivity index (χ2n) is 5.90. The van der Waals surface area contributed by atoms with Gasteiger partial charge < -0.3 is 14.3 Å². The number of aromatic nitrogens is 1. The Bertz CT molecular complexity index is 670. The van der Waals surface area contributed by atoms with Crippen LogP contribution in [0.3, 0.4) is 0 Å². The van der Waals surface area contributed by atoms with Gasteiger partial charge in [-0.05, 0) is 18.4 Å². The van der Waals surface area contributed by atoms with Crippen molar-refractivity contribution >= 4 is 11.8 Å². The highest BCUT2D eigenvalue weighted by atomic mass is 16.5. The highest BCUT2D eigenvalue weighted by Gasteiger charge is 2.23. The van der Waals surface area contributed by atoms with Gasteiger partial charge in [0, 0.05) is 38.7 Å². The minimum absolute atomic E-state index is 0.137. The summed E-state index contributed by atoms with van der Waals surface area (Å²) in [5.74, 6) is 0.0110. The van der Waals surface area contributed by atoms with Crippen LogP contribution >= 0.6 is 0 Å². The van der Waals surface area contributed by atoms with Crippen molar-refractivity contribution < 1.29 is 14.1 Å². The van der Waals surface area contributed by atoms with Crippen molar-refractivity contribution in [2.45, 2.75) is 19.3 Å². The molecule has 2 amide bonds. The van der Waals surface area contributed by atoms with Crippen LogP contribution in [-0.4, -0.2) is 52.9 Å². The molecule has 0 bridgehead atoms. The second kappa shape index (κ2) is 7.77. The van der Waals surface area contributed by atoms with Crippen molar-refractivity contribution in [1.29, 1.82) is 0 Å². The molecule has 1 aliphatic heterocycles. The van der Waals surface area contributed by atoms with Gasteiger partial charge in [0.15, 0.2) is 5.69 Å². The molecule has 1 saturated heterocycles. The van der Waals surface area contributed by atoms with Gasteiger partial charge in [0.25, 0.3) is 5.91 Å². The van der Waals surface area contributed by atoms with E-state index in [2.05, 4.69) is 5.16 Å². The molecule has 126 valence electrons. The van der Waals surface area contributed by atoms with Crippen molar-refractivity contribution in [1.82, 2.24) is 15.0 Å². The maximum absolute atomic E-state index is 12.4. The molecule has 2 aromatic rings. The minimum atomic E-state index is -0.137. The largest absolute Gasteiger partial charge is 0.364 e. The lowest BCUT2D eigenvalue weighted by molar-refractivity contribution is -0.131. The molecule has 1 aliphatic rings. The molecule has 1 fully saturated rings. The van der Waals surface area contributed by atoms with Gasteiger partial charge in [0.2, 0.25) is 5.91 Å². The molecular formula is C18H21N3O3. The molecule has 3 rings (SSSR count). The molecule has 6 heteroatoms. The summed E-state index contributed by atoms with van der Waals surface area (Å²) < 4.78 is 4.73. The maximum Gasteiger partial charge on any atom is 0.276 e. The second-order valence-corrected chi connectivity index (χ2v) is 5.90. The first-order valence-corrected chi connectivity index (χ1v) is 8.25. The summed E-state index contributed by atoms with van der Waals surface area (Å²) in [4.78, 5) is 28.3. The van der Waals surface area contributed by atoms with Crippen LogP contribution in [0.25, 0.3) is 0 Å². The van der Waals surface area contributed by atoms with Gasteiger partial charge in [-0.3, -0.25) is 9.59 Å². The predicted octanol–water partition coefficient (Wildman–Crippen LogP) is 1.98. The van der Waals surface area contributed by atoms with E-state index in [9.17, 15) is 9.59 Å². The SMILES string of the molecule is O=C(CCc1ccccc1)N1CCCN(C(=O)c2ccon2)CC1. The Kier molecular flexibility index (Phi) is 5.25. The van der Waals surface area contributed by atoms with Crippen LogP contribution in [0, 0.1) is 0 Å². The lowest BCUT2D eigenvalue weighted by Crippen LogP contribution is -2.37. The summed E-state index contributed by atoms with van der Waals surface area (Å²) in [7, 11) is 0. The Morgan fingerprint density at radius 3 is 2.50 bits per heavy atom. The fraction of sp³-hybridized carbons (Fsp3) is 0.389. The summed E-state index contributed by atoms with van der Waals surface area (Å²) in [6.07, 6.45) is 3.42. The van der Waals surface area contributed by atoms with E-state index >= 15 is 0 Å². The Labute approximate surface area is 141 Å². The van der Waals surface area contributed by atoms with E-state index in [0.717, 1.165) is 12.8 Å². The monoisotopic (exact) mass is 327 g/mol. The van der Waals surface area contributed by atoms with Gasteiger partial charge in [-0.25, -0.2) is 0 Å². The van der Waals surface area contributed by atoms with Crippen LogP contribution in [0.2, 0.25) is 0 Å². The molecule has 6 nitrogen and oxygen atoms in total. The van der Waals surface area contributed by atoms with Gasteiger partial charge in [-0.1, -0.05) is 35.5 Å². The van der Waals surface area contributed by atoms with E-state index in [1.807, 2.05) is 35.2 Å². The zero-order chi connectivity index (χ0) is 16.8. The van der Waals surface area contributed by atoms with Crippen molar-refractivity contribution in [3.8, 4) is 0 Å². The molecule has 0 unspecified atom stereocenters. The number of nitrogens with zero attached hydrogens (tertiary/aromatic N) is 3. The molecule has 0 aliphatic carbocycles. The first-order valence-electron chi connectivity index (χ1n) is 8.25. The third-order valence-corrected chi connectivity index (χ3v) is 4.26. The van der Waals surface area contributed by atoms with E-state index in [1.165, 1.54) is 11.8 Å². The maximum atomic E-state index is 12.4. The summed E-state index contributed by atoms with van der Waals surface area (Å²) in [5.41, 5.74) is 1.49. The van der Waals surface area contributed by atoms with Crippen molar-refractivity contribution in [3.63, 3.8) is 0 Å². The van der Waals surface area contributed by atoms with Crippen LogP contribution in [0.4, 0.5) is 0 Å². The lowest BCUT2D eigenvalue weighted by atomic mass is 10.1. The molecule has 0 saturated carbocycles. The first-order chi connectivity index (χ1) is 11.7. The molecule has 0 N–H and O–H groups in total. The topological polar surface area (TPSA) is 66.7 Å². The average Bonchev–Trinajstić information content (AvgIpc) is 3.04. The Morgan fingerprint density at radius 1 is 1.00 bits per heavy atom. The zero-order valence-electron chi connectivity index (χ0n) is 13.6. The molecular weight excluding hydrogens is 306 g/mol. The molecule has 0 spiro atoms. The number of aryl methyl sites for hydroxylation is 1. The smallest absolute Gasteiger partial charge is 0.276 e. The highest BCUT2D eigenvalue weighted by Crippen LogP contribution is 2.10. The number of amides is 2. The number of rotatable bonds is 4. The number of benzene rings is 1. The van der Waals surface area contributed by atoms with Crippen LogP contribution in [-0.2, 0) is 11.2 Å². The van der Waals surface area contributed by atoms with Crippen LogP contribution in [0.15, 0.2) is 47.2 Å². The fourth-order valence-electron chi connectivity index (χ4n) is 2.91. The van der Waals surface area contributed by atoms with Gasteiger partial charge in [0.05, 0.1) is 0 Å². The minimum Gasteiger partial charge on any atom is -0.364 e. The summed E-state index contributed by atoms with van der Waals surface area (Å²) >= 11 is 0. The number of carbonyl (C=O) groups excluding carboxylic acids is 2. The highest BCUT2D eigenvalue weighted by molar-refractivity contribution is 5.92. The zero-order valence-corrected chi connectivity index (χ0v) is 13.6. The third-order valence-electron chi connectivity index (χ3n) is 4.26. The molecule has 1 aromatic carbocycles. The summed E-state index contributed by atoms with van der Waals surface area (Å²) in [5, 5.41) is 3.69. The molecule has 1 aromatic heterocycles. The lowest BCUT2D eigenvalue weighted by Gasteiger charge is -2.21. The summed E-state index contributed by atoms with van der Waals surface area (Å²) in [6, 6.07) is 11.6. The van der Waals surface area contributed by atoms with Crippen molar-refractivity contribution in [2.24, 2.45) is 0 Å². The fourth-order valence-corrected chi connectivity index (χ4v) is 2.91. The van der Waals surface area contributed by atoms with Crippen LogP contribution < -0.4 is 0 Å². The van der Waals surface area contributed by atoms with E-state index in [1.54, 1.807) is 11.0 Å². The van der Waals surface area contributed by atoms with Crippen LogP contribution in [0.1, 0.15) is 28.9 Å². The Morgan fingerprint density at radius 2 is 1.75 bits per heavy atom. The molecule has 24 heavy (non-hydrogen) atoms. The number of carbonyl (C=O) groups is 2. The standard InChI is InChI=1S/C18H21N3O3/c22-17(8-7-15-5-2-1-3-6-15)20-10-4-11-21(13-12-20)18(23)16-9-14-24-19-16/h1-3,5-6,9,14H,4,7-8,10-13H2. The van der Waals surface area contributed by atoms with Crippen LogP contribution in [0.5, 0.6) is 0 Å². The van der Waals surface area contributed by atoms with E-state index in [0.29, 0.717) is 38.3 Å². The van der Waals surface area contributed by atoms with Gasteiger partial charge in [-0.15, -0.1) is 0 Å². The Hall–Kier alpha value is -2.63. The summed E-state index contributed by atoms with van der Waals surface area (Å²) in [6.45, 7) is 2.42. The van der Waals surface area contributed by atoms with E-state index in [-0.39, 0.29) is 11.8 Å². The third kappa shape index (κ3) is 4.01. The first kappa shape index (κ1) is 16.2. The van der Waals surface area contributed by atoms with Gasteiger partial charge in [0.1, 0.15) is 6.26 Å². The molecule has 2 heterocycles. The quantitative estimate of drug-likeness (QED) is 0.861. The normalized spacial score (nSPS) is 15.2. The van der Waals surface area contributed by atoms with Crippen molar-refractivity contribution in [3.05, 3.63) is 53.9 Å². The van der Waals surface area contributed by atoms with Gasteiger partial charge in [-0.2, -0.15) is 0 Å². The number of hydrogen-bond acceptors (Lipinski definition) is 4. The predicted molar refractivity (Wildman–Crippen MR) is 88.4 cm³/mol. The van der Waals surface area contributed by atoms with Gasteiger partial charge >= 0.3 is 0 Å². The Balaban J connectivity index is 1.51.